The number of para-hydroxylation sites is 2. The number of H-pyrrole nitrogens is 1. The Morgan fingerprint density at radius 3 is 2.50 bits per heavy atom. The predicted octanol–water partition coefficient (Wildman–Crippen LogP) is 3.39. The van der Waals surface area contributed by atoms with Crippen molar-refractivity contribution in [3.8, 4) is 0 Å². The van der Waals surface area contributed by atoms with Crippen molar-refractivity contribution in [3.05, 3.63) is 30.1 Å². The van der Waals surface area contributed by atoms with Gasteiger partial charge < -0.3 is 4.98 Å². The van der Waals surface area contributed by atoms with Gasteiger partial charge in [-0.1, -0.05) is 18.6 Å². The predicted molar refractivity (Wildman–Crippen MR) is 79.7 cm³/mol. The van der Waals surface area contributed by atoms with Gasteiger partial charge in [0.2, 0.25) is 0 Å². The molecule has 0 amide bonds. The van der Waals surface area contributed by atoms with Crippen LogP contribution in [-0.2, 0) is 6.54 Å². The number of hydrogen-bond acceptors (Lipinski definition) is 2. The van der Waals surface area contributed by atoms with E-state index in [4.69, 9.17) is 0 Å². The first-order valence-corrected chi connectivity index (χ1v) is 6.08. The van der Waals surface area contributed by atoms with E-state index in [1.54, 1.807) is 0 Å². The summed E-state index contributed by atoms with van der Waals surface area (Å²) >= 11 is 0. The van der Waals surface area contributed by atoms with E-state index in [1.807, 2.05) is 12.1 Å². The molecule has 3 nitrogen and oxygen atoms in total. The van der Waals surface area contributed by atoms with Crippen molar-refractivity contribution in [2.75, 3.05) is 13.1 Å². The summed E-state index contributed by atoms with van der Waals surface area (Å²) in [6.45, 7) is 3.41. The molecule has 0 aliphatic carbocycles. The molecule has 1 saturated heterocycles. The van der Waals surface area contributed by atoms with Crippen molar-refractivity contribution >= 4 is 35.8 Å². The number of nitrogens with one attached hydrogen (secondary N) is 1. The Morgan fingerprint density at radius 2 is 1.78 bits per heavy atom. The highest BCUT2D eigenvalue weighted by Crippen LogP contribution is 2.14. The highest BCUT2D eigenvalue weighted by atomic mass is 35.5. The maximum atomic E-state index is 4.61. The molecule has 1 aromatic carbocycles. The molecular weight excluding hydrogens is 269 g/mol. The highest BCUT2D eigenvalue weighted by molar-refractivity contribution is 5.85. The lowest BCUT2D eigenvalue weighted by atomic mass is 10.1. The summed E-state index contributed by atoms with van der Waals surface area (Å²) in [5.74, 6) is 1.10. The summed E-state index contributed by atoms with van der Waals surface area (Å²) in [6, 6.07) is 8.23. The molecule has 1 aliphatic heterocycles. The number of hydrogen-bond donors (Lipinski definition) is 1. The monoisotopic (exact) mass is 287 g/mol. The van der Waals surface area contributed by atoms with E-state index in [0.717, 1.165) is 23.4 Å². The van der Waals surface area contributed by atoms with Crippen LogP contribution in [0.2, 0.25) is 0 Å². The number of benzene rings is 1. The van der Waals surface area contributed by atoms with Crippen LogP contribution in [0.25, 0.3) is 11.0 Å². The molecule has 0 unspecified atom stereocenters. The normalized spacial score (nSPS) is 16.0. The number of nitrogens with zero attached hydrogens (tertiary/aromatic N) is 2. The maximum Gasteiger partial charge on any atom is 0.121 e. The molecule has 0 spiro atoms. The van der Waals surface area contributed by atoms with Crippen LogP contribution in [0.1, 0.15) is 25.1 Å². The van der Waals surface area contributed by atoms with E-state index in [1.165, 1.54) is 32.4 Å². The lowest BCUT2D eigenvalue weighted by Crippen LogP contribution is -2.29. The van der Waals surface area contributed by atoms with Gasteiger partial charge in [-0.2, -0.15) is 0 Å². The van der Waals surface area contributed by atoms with Gasteiger partial charge in [0.15, 0.2) is 0 Å². The van der Waals surface area contributed by atoms with Gasteiger partial charge in [0.1, 0.15) is 5.82 Å². The van der Waals surface area contributed by atoms with Gasteiger partial charge in [-0.25, -0.2) is 4.98 Å². The minimum absolute atomic E-state index is 0. The number of aromatic nitrogens is 2. The highest BCUT2D eigenvalue weighted by Gasteiger charge is 2.12. The van der Waals surface area contributed by atoms with Gasteiger partial charge in [0.05, 0.1) is 17.6 Å². The first-order chi connectivity index (χ1) is 7.92. The van der Waals surface area contributed by atoms with Crippen LogP contribution in [0.4, 0.5) is 0 Å². The van der Waals surface area contributed by atoms with E-state index in [-0.39, 0.29) is 24.8 Å². The quantitative estimate of drug-likeness (QED) is 0.918. The molecule has 3 rings (SSSR count). The largest absolute Gasteiger partial charge is 0.341 e. The molecule has 0 atom stereocenters. The summed E-state index contributed by atoms with van der Waals surface area (Å²) in [5, 5.41) is 0. The van der Waals surface area contributed by atoms with Crippen molar-refractivity contribution in [1.82, 2.24) is 14.9 Å². The van der Waals surface area contributed by atoms with Gasteiger partial charge in [0.25, 0.3) is 0 Å². The van der Waals surface area contributed by atoms with E-state index in [0.29, 0.717) is 0 Å². The van der Waals surface area contributed by atoms with Gasteiger partial charge in [-0.15, -0.1) is 24.8 Å². The minimum atomic E-state index is 0. The Bertz CT molecular complexity index is 445. The molecule has 18 heavy (non-hydrogen) atoms. The van der Waals surface area contributed by atoms with Gasteiger partial charge >= 0.3 is 0 Å². The Morgan fingerprint density at radius 1 is 1.06 bits per heavy atom. The van der Waals surface area contributed by atoms with Crippen LogP contribution >= 0.6 is 24.8 Å². The molecule has 2 aromatic rings. The first-order valence-electron chi connectivity index (χ1n) is 6.08. The van der Waals surface area contributed by atoms with Crippen LogP contribution in [0.5, 0.6) is 0 Å². The molecule has 0 bridgehead atoms. The van der Waals surface area contributed by atoms with Gasteiger partial charge in [-0.05, 0) is 38.1 Å². The number of halogens is 2. The average molecular weight is 288 g/mol. The summed E-state index contributed by atoms with van der Waals surface area (Å²) < 4.78 is 0. The molecule has 100 valence electrons. The second kappa shape index (κ2) is 6.98. The Hall–Kier alpha value is -0.770. The second-order valence-corrected chi connectivity index (χ2v) is 4.54. The van der Waals surface area contributed by atoms with Crippen molar-refractivity contribution in [2.24, 2.45) is 0 Å². The third-order valence-electron chi connectivity index (χ3n) is 3.26. The molecule has 1 fully saturated rings. The molecule has 5 heteroatoms. The summed E-state index contributed by atoms with van der Waals surface area (Å²) in [4.78, 5) is 10.5. The number of imidazole rings is 1. The molecule has 1 aromatic heterocycles. The topological polar surface area (TPSA) is 31.9 Å². The lowest BCUT2D eigenvalue weighted by Gasteiger charge is -2.25. The first kappa shape index (κ1) is 15.3. The third-order valence-corrected chi connectivity index (χ3v) is 3.26. The molecule has 2 heterocycles. The number of likely N-dealkylation sites (tertiary alicyclic amines) is 1. The fraction of sp³-hybridized carbons (Fsp3) is 0.462. The Balaban J connectivity index is 0.000000810. The van der Waals surface area contributed by atoms with Crippen LogP contribution < -0.4 is 0 Å². The SMILES string of the molecule is Cl.Cl.c1ccc2[nH]c(CN3CCCCC3)nc2c1. The molecule has 1 aliphatic rings. The van der Waals surface area contributed by atoms with Gasteiger partial charge in [-0.3, -0.25) is 4.90 Å². The van der Waals surface area contributed by atoms with E-state index in [9.17, 15) is 0 Å². The van der Waals surface area contributed by atoms with Gasteiger partial charge in [0, 0.05) is 0 Å². The summed E-state index contributed by atoms with van der Waals surface area (Å²) in [5.41, 5.74) is 2.23. The Kier molecular flexibility index (Phi) is 5.93. The fourth-order valence-electron chi connectivity index (χ4n) is 2.41. The number of piperidine rings is 1. The van der Waals surface area contributed by atoms with Crippen LogP contribution in [0.15, 0.2) is 24.3 Å². The fourth-order valence-corrected chi connectivity index (χ4v) is 2.41. The zero-order valence-electron chi connectivity index (χ0n) is 10.3. The van der Waals surface area contributed by atoms with Crippen molar-refractivity contribution in [1.29, 1.82) is 0 Å². The second-order valence-electron chi connectivity index (χ2n) is 4.54. The van der Waals surface area contributed by atoms with Crippen LogP contribution in [0.3, 0.4) is 0 Å². The molecule has 0 saturated carbocycles. The smallest absolute Gasteiger partial charge is 0.121 e. The van der Waals surface area contributed by atoms with Crippen molar-refractivity contribution in [3.63, 3.8) is 0 Å². The minimum Gasteiger partial charge on any atom is -0.341 e. The zero-order valence-corrected chi connectivity index (χ0v) is 11.9. The average Bonchev–Trinajstić information content (AvgIpc) is 2.72. The summed E-state index contributed by atoms with van der Waals surface area (Å²) in [7, 11) is 0. The standard InChI is InChI=1S/C13H17N3.2ClH/c1-4-8-16(9-5-1)10-13-14-11-6-2-3-7-12(11)15-13;;/h2-3,6-7H,1,4-5,8-10H2,(H,14,15);2*1H. The number of rotatable bonds is 2. The lowest BCUT2D eigenvalue weighted by molar-refractivity contribution is 0.216. The van der Waals surface area contributed by atoms with Crippen LogP contribution in [0, 0.1) is 0 Å². The third kappa shape index (κ3) is 3.37. The van der Waals surface area contributed by atoms with Crippen molar-refractivity contribution < 1.29 is 0 Å². The zero-order chi connectivity index (χ0) is 10.8. The number of fused-ring (bicyclic) bond motifs is 1. The van der Waals surface area contributed by atoms with Crippen LogP contribution in [-0.4, -0.2) is 28.0 Å². The van der Waals surface area contributed by atoms with E-state index in [2.05, 4.69) is 27.0 Å². The van der Waals surface area contributed by atoms with E-state index >= 15 is 0 Å². The molecular formula is C13H19Cl2N3. The molecule has 1 N–H and O–H groups in total. The number of aromatic amines is 1. The Labute approximate surface area is 120 Å². The molecule has 0 radical (unpaired) electrons. The summed E-state index contributed by atoms with van der Waals surface area (Å²) in [6.07, 6.45) is 4.05. The van der Waals surface area contributed by atoms with Crippen molar-refractivity contribution in [2.45, 2.75) is 25.8 Å². The maximum absolute atomic E-state index is 4.61. The van der Waals surface area contributed by atoms with E-state index < -0.39 is 0 Å².